The number of nitrogens with one attached hydrogen (secondary N) is 3. The van der Waals surface area contributed by atoms with E-state index in [1.165, 1.54) is 6.92 Å². The number of carbonyl (C=O) groups excluding carboxylic acids is 1. The summed E-state index contributed by atoms with van der Waals surface area (Å²) >= 11 is 5.42. The molecule has 0 radical (unpaired) electrons. The summed E-state index contributed by atoms with van der Waals surface area (Å²) in [5.74, 6) is 1.64. The number of hydrogen-bond donors (Lipinski definition) is 3. The Bertz CT molecular complexity index is 813. The molecule has 156 valence electrons. The largest absolute Gasteiger partial charge is 0.490 e. The van der Waals surface area contributed by atoms with Crippen molar-refractivity contribution < 1.29 is 19.0 Å². The zero-order valence-electron chi connectivity index (χ0n) is 17.1. The minimum atomic E-state index is -0.117. The van der Waals surface area contributed by atoms with E-state index in [4.69, 9.17) is 26.4 Å². The zero-order chi connectivity index (χ0) is 21.2. The SMILES string of the molecule is CCOc1cc(NC(=S)Nc2ccc(NC(C)=O)cc2)cc(OCC)c1OCC. The minimum Gasteiger partial charge on any atom is -0.490 e. The van der Waals surface area contributed by atoms with Gasteiger partial charge in [0.1, 0.15) is 0 Å². The Morgan fingerprint density at radius 1 is 0.793 bits per heavy atom. The van der Waals surface area contributed by atoms with Gasteiger partial charge in [0, 0.05) is 36.1 Å². The smallest absolute Gasteiger partial charge is 0.221 e. The molecule has 0 aliphatic carbocycles. The van der Waals surface area contributed by atoms with Crippen LogP contribution in [-0.4, -0.2) is 30.8 Å². The first kappa shape index (κ1) is 22.3. The van der Waals surface area contributed by atoms with E-state index in [0.717, 1.165) is 11.4 Å². The number of anilines is 3. The van der Waals surface area contributed by atoms with Crippen molar-refractivity contribution in [2.45, 2.75) is 27.7 Å². The number of ether oxygens (including phenoxy) is 3. The van der Waals surface area contributed by atoms with Crippen LogP contribution >= 0.6 is 12.2 Å². The van der Waals surface area contributed by atoms with Crippen LogP contribution in [0.4, 0.5) is 17.1 Å². The lowest BCUT2D eigenvalue weighted by Gasteiger charge is -2.18. The molecule has 0 aromatic heterocycles. The summed E-state index contributed by atoms with van der Waals surface area (Å²) in [7, 11) is 0. The van der Waals surface area contributed by atoms with E-state index >= 15 is 0 Å². The summed E-state index contributed by atoms with van der Waals surface area (Å²) < 4.78 is 17.1. The molecule has 0 aliphatic heterocycles. The second-order valence-corrected chi connectivity index (χ2v) is 6.35. The normalized spacial score (nSPS) is 10.1. The second-order valence-electron chi connectivity index (χ2n) is 5.94. The Morgan fingerprint density at radius 2 is 1.24 bits per heavy atom. The number of rotatable bonds is 9. The Labute approximate surface area is 176 Å². The summed E-state index contributed by atoms with van der Waals surface area (Å²) in [6, 6.07) is 10.9. The van der Waals surface area contributed by atoms with Gasteiger partial charge in [0.15, 0.2) is 16.6 Å². The summed E-state index contributed by atoms with van der Waals surface area (Å²) in [6.07, 6.45) is 0. The van der Waals surface area contributed by atoms with E-state index in [1.54, 1.807) is 12.1 Å². The monoisotopic (exact) mass is 417 g/mol. The molecule has 7 nitrogen and oxygen atoms in total. The van der Waals surface area contributed by atoms with Gasteiger partial charge in [-0.2, -0.15) is 0 Å². The average Bonchev–Trinajstić information content (AvgIpc) is 2.66. The molecule has 8 heteroatoms. The first-order valence-electron chi connectivity index (χ1n) is 9.48. The molecule has 0 bridgehead atoms. The average molecular weight is 418 g/mol. The zero-order valence-corrected chi connectivity index (χ0v) is 17.9. The van der Waals surface area contributed by atoms with E-state index < -0.39 is 0 Å². The molecule has 1 amide bonds. The molecule has 0 heterocycles. The fraction of sp³-hybridized carbons (Fsp3) is 0.333. The summed E-state index contributed by atoms with van der Waals surface area (Å²) in [5, 5.41) is 9.38. The predicted molar refractivity (Wildman–Crippen MR) is 121 cm³/mol. The van der Waals surface area contributed by atoms with E-state index in [-0.39, 0.29) is 5.91 Å². The van der Waals surface area contributed by atoms with Crippen LogP contribution in [0.25, 0.3) is 0 Å². The van der Waals surface area contributed by atoms with Gasteiger partial charge in [0.2, 0.25) is 11.7 Å². The number of benzene rings is 2. The van der Waals surface area contributed by atoms with Crippen molar-refractivity contribution in [3.8, 4) is 17.2 Å². The Kier molecular flexibility index (Phi) is 8.54. The first-order valence-corrected chi connectivity index (χ1v) is 9.89. The van der Waals surface area contributed by atoms with Gasteiger partial charge in [-0.15, -0.1) is 0 Å². The Hall–Kier alpha value is -3.00. The van der Waals surface area contributed by atoms with E-state index in [0.29, 0.717) is 47.9 Å². The third kappa shape index (κ3) is 6.83. The molecule has 3 N–H and O–H groups in total. The fourth-order valence-corrected chi connectivity index (χ4v) is 2.83. The molecule has 2 aromatic carbocycles. The van der Waals surface area contributed by atoms with Crippen molar-refractivity contribution in [3.63, 3.8) is 0 Å². The fourth-order valence-electron chi connectivity index (χ4n) is 2.59. The van der Waals surface area contributed by atoms with Crippen LogP contribution in [0.2, 0.25) is 0 Å². The lowest BCUT2D eigenvalue weighted by molar-refractivity contribution is -0.114. The maximum absolute atomic E-state index is 11.1. The molecule has 0 saturated heterocycles. The number of carbonyl (C=O) groups is 1. The highest BCUT2D eigenvalue weighted by Gasteiger charge is 2.15. The summed E-state index contributed by atoms with van der Waals surface area (Å²) in [4.78, 5) is 11.1. The third-order valence-electron chi connectivity index (χ3n) is 3.63. The number of hydrogen-bond acceptors (Lipinski definition) is 5. The van der Waals surface area contributed by atoms with Crippen molar-refractivity contribution in [2.24, 2.45) is 0 Å². The molecule has 2 aromatic rings. The van der Waals surface area contributed by atoms with Gasteiger partial charge >= 0.3 is 0 Å². The molecule has 29 heavy (non-hydrogen) atoms. The van der Waals surface area contributed by atoms with Crippen molar-refractivity contribution in [1.29, 1.82) is 0 Å². The van der Waals surface area contributed by atoms with Gasteiger partial charge < -0.3 is 30.2 Å². The molecule has 2 rings (SSSR count). The van der Waals surface area contributed by atoms with E-state index in [2.05, 4.69) is 16.0 Å². The molecule has 0 atom stereocenters. The maximum Gasteiger partial charge on any atom is 0.221 e. The van der Waals surface area contributed by atoms with Gasteiger partial charge in [0.25, 0.3) is 0 Å². The Morgan fingerprint density at radius 3 is 1.69 bits per heavy atom. The van der Waals surface area contributed by atoms with E-state index in [1.807, 2.05) is 45.0 Å². The van der Waals surface area contributed by atoms with Crippen LogP contribution in [0, 0.1) is 0 Å². The van der Waals surface area contributed by atoms with Crippen LogP contribution in [-0.2, 0) is 4.79 Å². The van der Waals surface area contributed by atoms with Gasteiger partial charge in [-0.3, -0.25) is 4.79 Å². The van der Waals surface area contributed by atoms with Gasteiger partial charge in [-0.05, 0) is 57.3 Å². The highest BCUT2D eigenvalue weighted by atomic mass is 32.1. The quantitative estimate of drug-likeness (QED) is 0.512. The van der Waals surface area contributed by atoms with E-state index in [9.17, 15) is 4.79 Å². The molecule has 0 aliphatic rings. The molecular formula is C21H27N3O4S. The summed E-state index contributed by atoms with van der Waals surface area (Å²) in [6.45, 7) is 8.70. The van der Waals surface area contributed by atoms with Gasteiger partial charge in [-0.25, -0.2) is 0 Å². The minimum absolute atomic E-state index is 0.117. The van der Waals surface area contributed by atoms with Crippen LogP contribution < -0.4 is 30.2 Å². The highest BCUT2D eigenvalue weighted by molar-refractivity contribution is 7.80. The Balaban J connectivity index is 2.14. The van der Waals surface area contributed by atoms with Gasteiger partial charge in [0.05, 0.1) is 19.8 Å². The third-order valence-corrected chi connectivity index (χ3v) is 3.83. The first-order chi connectivity index (χ1) is 14.0. The van der Waals surface area contributed by atoms with Crippen molar-refractivity contribution in [1.82, 2.24) is 0 Å². The lowest BCUT2D eigenvalue weighted by Crippen LogP contribution is -2.19. The maximum atomic E-state index is 11.1. The van der Waals surface area contributed by atoms with Gasteiger partial charge in [-0.1, -0.05) is 0 Å². The predicted octanol–water partition coefficient (Wildman–Crippen LogP) is 4.65. The number of amides is 1. The standard InChI is InChI=1S/C21H27N3O4S/c1-5-26-18-12-17(13-19(27-6-2)20(18)28-7-3)24-21(29)23-16-10-8-15(9-11-16)22-14(4)25/h8-13H,5-7H2,1-4H3,(H,22,25)(H2,23,24,29). The topological polar surface area (TPSA) is 80.9 Å². The van der Waals surface area contributed by atoms with Crippen LogP contribution in [0.15, 0.2) is 36.4 Å². The van der Waals surface area contributed by atoms with Crippen LogP contribution in [0.1, 0.15) is 27.7 Å². The molecule has 0 unspecified atom stereocenters. The molecule has 0 spiro atoms. The summed E-state index contributed by atoms with van der Waals surface area (Å²) in [5.41, 5.74) is 2.22. The lowest BCUT2D eigenvalue weighted by atomic mass is 10.2. The molecular weight excluding hydrogens is 390 g/mol. The van der Waals surface area contributed by atoms with Crippen molar-refractivity contribution in [2.75, 3.05) is 35.8 Å². The van der Waals surface area contributed by atoms with Crippen molar-refractivity contribution >= 4 is 40.3 Å². The highest BCUT2D eigenvalue weighted by Crippen LogP contribution is 2.40. The molecule has 0 fully saturated rings. The van der Waals surface area contributed by atoms with Crippen LogP contribution in [0.3, 0.4) is 0 Å². The second kappa shape index (κ2) is 11.1. The van der Waals surface area contributed by atoms with Crippen molar-refractivity contribution in [3.05, 3.63) is 36.4 Å². The molecule has 0 saturated carbocycles. The van der Waals surface area contributed by atoms with Crippen LogP contribution in [0.5, 0.6) is 17.2 Å². The number of thiocarbonyl (C=S) groups is 1.